The highest BCUT2D eigenvalue weighted by molar-refractivity contribution is 5.90. The fraction of sp³-hybridized carbons (Fsp3) is 0.229. The maximum Gasteiger partial charge on any atom is 0.338 e. The summed E-state index contributed by atoms with van der Waals surface area (Å²) in [6.07, 6.45) is 5.38. The number of benzene rings is 3. The van der Waals surface area contributed by atoms with Gasteiger partial charge in [-0.25, -0.2) is 18.8 Å². The molecule has 0 heterocycles. The van der Waals surface area contributed by atoms with Gasteiger partial charge in [0.25, 0.3) is 0 Å². The Kier molecular flexibility index (Phi) is 9.53. The fourth-order valence-electron chi connectivity index (χ4n) is 4.92. The van der Waals surface area contributed by atoms with Crippen LogP contribution in [-0.2, 0) is 38.4 Å². The quantitative estimate of drug-likeness (QED) is 0.105. The van der Waals surface area contributed by atoms with Crippen LogP contribution in [0.15, 0.2) is 85.5 Å². The number of carbonyl (C=O) groups excluding carboxylic acids is 3. The van der Waals surface area contributed by atoms with E-state index in [0.717, 1.165) is 42.9 Å². The largest absolute Gasteiger partial charge is 0.463 e. The molecule has 0 aliphatic heterocycles. The van der Waals surface area contributed by atoms with Gasteiger partial charge in [-0.15, -0.1) is 0 Å². The van der Waals surface area contributed by atoms with Crippen molar-refractivity contribution in [2.24, 2.45) is 0 Å². The SMILES string of the molecule is C=CC(=O)OCCCc1ccc(-c2ccc(-c3cc(OC(=O)C(=C)C)cc(OC(=O)C(=C)C)c3)cc2F)c2c1CCC2. The van der Waals surface area contributed by atoms with Crippen LogP contribution in [0.1, 0.15) is 43.4 Å². The molecule has 0 atom stereocenters. The minimum absolute atomic E-state index is 0.127. The molecular formula is C35H33FO6. The van der Waals surface area contributed by atoms with Crippen molar-refractivity contribution in [3.05, 3.63) is 108 Å². The van der Waals surface area contributed by atoms with Gasteiger partial charge in [-0.1, -0.05) is 44.0 Å². The summed E-state index contributed by atoms with van der Waals surface area (Å²) in [5.74, 6) is -1.86. The molecule has 216 valence electrons. The molecule has 1 aliphatic rings. The van der Waals surface area contributed by atoms with Gasteiger partial charge >= 0.3 is 17.9 Å². The van der Waals surface area contributed by atoms with E-state index in [1.54, 1.807) is 24.3 Å². The monoisotopic (exact) mass is 568 g/mol. The Labute approximate surface area is 245 Å². The number of fused-ring (bicyclic) bond motifs is 1. The third-order valence-electron chi connectivity index (χ3n) is 6.97. The first-order valence-electron chi connectivity index (χ1n) is 13.7. The van der Waals surface area contributed by atoms with Gasteiger partial charge in [-0.2, -0.15) is 0 Å². The Morgan fingerprint density at radius 2 is 1.45 bits per heavy atom. The molecule has 0 N–H and O–H groups in total. The van der Waals surface area contributed by atoms with Crippen LogP contribution in [0.5, 0.6) is 11.5 Å². The maximum absolute atomic E-state index is 15.7. The van der Waals surface area contributed by atoms with Crippen LogP contribution in [0, 0.1) is 5.82 Å². The van der Waals surface area contributed by atoms with Gasteiger partial charge in [0.1, 0.15) is 17.3 Å². The molecule has 7 heteroatoms. The molecule has 4 rings (SSSR count). The molecule has 3 aromatic carbocycles. The van der Waals surface area contributed by atoms with Gasteiger partial charge in [-0.05, 0) is 97.5 Å². The van der Waals surface area contributed by atoms with E-state index in [-0.39, 0.29) is 22.6 Å². The molecule has 3 aromatic rings. The van der Waals surface area contributed by atoms with E-state index in [1.807, 2.05) is 12.1 Å². The van der Waals surface area contributed by atoms with E-state index in [2.05, 4.69) is 19.7 Å². The van der Waals surface area contributed by atoms with Gasteiger partial charge < -0.3 is 14.2 Å². The van der Waals surface area contributed by atoms with Crippen molar-refractivity contribution in [1.29, 1.82) is 0 Å². The van der Waals surface area contributed by atoms with Crippen LogP contribution in [0.25, 0.3) is 22.3 Å². The standard InChI is InChI=1S/C35H33FO6/c1-6-33(37)40-16-8-9-23-12-14-30(29-11-7-10-28(23)29)31-15-13-24(19-32(31)36)25-17-26(41-34(38)21(2)3)20-27(18-25)42-35(39)22(4)5/h6,12-15,17-20H,1-2,4,7-11,16H2,3,5H3. The van der Waals surface area contributed by atoms with Crippen molar-refractivity contribution >= 4 is 17.9 Å². The molecule has 0 aromatic heterocycles. The predicted octanol–water partition coefficient (Wildman–Crippen LogP) is 7.27. The minimum atomic E-state index is -0.638. The van der Waals surface area contributed by atoms with Crippen molar-refractivity contribution < 1.29 is 33.0 Å². The first-order valence-corrected chi connectivity index (χ1v) is 13.7. The Hall–Kier alpha value is -4.78. The molecule has 0 saturated carbocycles. The highest BCUT2D eigenvalue weighted by Gasteiger charge is 2.21. The van der Waals surface area contributed by atoms with Crippen molar-refractivity contribution in [2.75, 3.05) is 6.61 Å². The lowest BCUT2D eigenvalue weighted by molar-refractivity contribution is -0.138. The normalized spacial score (nSPS) is 11.8. The van der Waals surface area contributed by atoms with Gasteiger partial charge in [0.15, 0.2) is 0 Å². The Morgan fingerprint density at radius 3 is 2.05 bits per heavy atom. The number of hydrogen-bond donors (Lipinski definition) is 0. The van der Waals surface area contributed by atoms with Crippen molar-refractivity contribution in [3.63, 3.8) is 0 Å². The van der Waals surface area contributed by atoms with Gasteiger partial charge in [0.05, 0.1) is 6.61 Å². The second-order valence-electron chi connectivity index (χ2n) is 10.3. The smallest absolute Gasteiger partial charge is 0.338 e. The molecule has 6 nitrogen and oxygen atoms in total. The third kappa shape index (κ3) is 7.10. The number of halogens is 1. The summed E-state index contributed by atoms with van der Waals surface area (Å²) in [7, 11) is 0. The maximum atomic E-state index is 15.7. The Morgan fingerprint density at radius 1 is 0.833 bits per heavy atom. The van der Waals surface area contributed by atoms with Crippen LogP contribution in [-0.4, -0.2) is 24.5 Å². The molecule has 42 heavy (non-hydrogen) atoms. The van der Waals surface area contributed by atoms with E-state index in [9.17, 15) is 14.4 Å². The average Bonchev–Trinajstić information content (AvgIpc) is 3.45. The Bertz CT molecular complexity index is 1550. The summed E-state index contributed by atoms with van der Waals surface area (Å²) in [6.45, 7) is 13.9. The van der Waals surface area contributed by atoms with Crippen LogP contribution in [0.2, 0.25) is 0 Å². The molecule has 0 bridgehead atoms. The lowest BCUT2D eigenvalue weighted by Crippen LogP contribution is -2.10. The van der Waals surface area contributed by atoms with Crippen molar-refractivity contribution in [1.82, 2.24) is 0 Å². The molecule has 0 spiro atoms. The molecule has 0 radical (unpaired) electrons. The highest BCUT2D eigenvalue weighted by Crippen LogP contribution is 2.38. The third-order valence-corrected chi connectivity index (χ3v) is 6.97. The lowest BCUT2D eigenvalue weighted by atomic mass is 9.91. The minimum Gasteiger partial charge on any atom is -0.463 e. The van der Waals surface area contributed by atoms with Gasteiger partial charge in [0, 0.05) is 28.9 Å². The van der Waals surface area contributed by atoms with Gasteiger partial charge in [-0.3, -0.25) is 0 Å². The van der Waals surface area contributed by atoms with E-state index < -0.39 is 23.7 Å². The summed E-state index contributed by atoms with van der Waals surface area (Å²) >= 11 is 0. The van der Waals surface area contributed by atoms with E-state index in [4.69, 9.17) is 14.2 Å². The van der Waals surface area contributed by atoms with E-state index >= 15 is 4.39 Å². The first kappa shape index (κ1) is 30.2. The molecule has 0 amide bonds. The van der Waals surface area contributed by atoms with E-state index in [0.29, 0.717) is 29.7 Å². The highest BCUT2D eigenvalue weighted by atomic mass is 19.1. The molecular weight excluding hydrogens is 535 g/mol. The Balaban J connectivity index is 1.64. The summed E-state index contributed by atoms with van der Waals surface area (Å²) in [6, 6.07) is 13.5. The zero-order valence-corrected chi connectivity index (χ0v) is 23.9. The number of rotatable bonds is 11. The molecule has 1 aliphatic carbocycles. The summed E-state index contributed by atoms with van der Waals surface area (Å²) in [4.78, 5) is 35.6. The molecule has 0 unspecified atom stereocenters. The average molecular weight is 569 g/mol. The van der Waals surface area contributed by atoms with Gasteiger partial charge in [0.2, 0.25) is 0 Å². The van der Waals surface area contributed by atoms with Crippen molar-refractivity contribution in [2.45, 2.75) is 46.0 Å². The van der Waals surface area contributed by atoms with Crippen LogP contribution in [0.4, 0.5) is 4.39 Å². The summed E-state index contributed by atoms with van der Waals surface area (Å²) in [5, 5.41) is 0. The lowest BCUT2D eigenvalue weighted by Gasteiger charge is -2.15. The van der Waals surface area contributed by atoms with Crippen LogP contribution < -0.4 is 9.47 Å². The van der Waals surface area contributed by atoms with Crippen molar-refractivity contribution in [3.8, 4) is 33.8 Å². The number of hydrogen-bond acceptors (Lipinski definition) is 6. The number of aryl methyl sites for hydroxylation is 1. The number of esters is 3. The zero-order chi connectivity index (χ0) is 30.4. The fourth-order valence-corrected chi connectivity index (χ4v) is 4.92. The summed E-state index contributed by atoms with van der Waals surface area (Å²) in [5.41, 5.74) is 6.32. The number of ether oxygens (including phenoxy) is 3. The second-order valence-corrected chi connectivity index (χ2v) is 10.3. The summed E-state index contributed by atoms with van der Waals surface area (Å²) < 4.78 is 31.6. The topological polar surface area (TPSA) is 78.9 Å². The zero-order valence-electron chi connectivity index (χ0n) is 23.9. The first-order chi connectivity index (χ1) is 20.1. The van der Waals surface area contributed by atoms with Crippen LogP contribution in [0.3, 0.4) is 0 Å². The second kappa shape index (κ2) is 13.3. The number of carbonyl (C=O) groups is 3. The molecule has 0 saturated heterocycles. The predicted molar refractivity (Wildman–Crippen MR) is 160 cm³/mol. The van der Waals surface area contributed by atoms with E-state index in [1.165, 1.54) is 37.1 Å². The molecule has 0 fully saturated rings. The van der Waals surface area contributed by atoms with Crippen LogP contribution >= 0.6 is 0 Å².